The first kappa shape index (κ1) is 19.6. The van der Waals surface area contributed by atoms with E-state index >= 15 is 0 Å². The van der Waals surface area contributed by atoms with Gasteiger partial charge in [-0.1, -0.05) is 12.1 Å². The lowest BCUT2D eigenvalue weighted by atomic mass is 9.74. The van der Waals surface area contributed by atoms with Crippen molar-refractivity contribution >= 4 is 27.7 Å². The number of benzene rings is 1. The third-order valence-corrected chi connectivity index (χ3v) is 5.16. The molecule has 2 heterocycles. The Hall–Kier alpha value is -2.19. The van der Waals surface area contributed by atoms with Crippen LogP contribution in [0, 0.1) is 5.82 Å². The van der Waals surface area contributed by atoms with Gasteiger partial charge in [0, 0.05) is 25.2 Å². The first-order chi connectivity index (χ1) is 13.0. The van der Waals surface area contributed by atoms with Crippen LogP contribution in [0.5, 0.6) is 0 Å². The minimum absolute atomic E-state index is 0.127. The molecule has 1 saturated heterocycles. The van der Waals surface area contributed by atoms with Crippen LogP contribution in [0.1, 0.15) is 29.0 Å². The van der Waals surface area contributed by atoms with E-state index in [0.29, 0.717) is 24.4 Å². The van der Waals surface area contributed by atoms with Crippen molar-refractivity contribution in [3.8, 4) is 0 Å². The molecule has 2 aromatic rings. The standard InChI is InChI=1S/C19H20BrFN2O4/c20-16-6-5-15(27-16)18(25)22-11-17(24)23-12-19(7-9-26-10-8-19)13-1-3-14(21)4-2-13/h1-6H,7-12H2,(H,22,25)(H,23,24). The molecule has 27 heavy (non-hydrogen) atoms. The van der Waals surface area contributed by atoms with E-state index in [1.807, 2.05) is 0 Å². The van der Waals surface area contributed by atoms with Gasteiger partial charge in [0.25, 0.3) is 5.91 Å². The maximum atomic E-state index is 13.3. The molecule has 1 aliphatic rings. The predicted octanol–water partition coefficient (Wildman–Crippen LogP) is 2.78. The fraction of sp³-hybridized carbons (Fsp3) is 0.368. The highest BCUT2D eigenvalue weighted by molar-refractivity contribution is 9.10. The van der Waals surface area contributed by atoms with E-state index in [4.69, 9.17) is 9.15 Å². The van der Waals surface area contributed by atoms with E-state index in [1.165, 1.54) is 18.2 Å². The number of ether oxygens (including phenoxy) is 1. The summed E-state index contributed by atoms with van der Waals surface area (Å²) in [6.45, 7) is 1.39. The molecule has 1 aromatic heterocycles. The Morgan fingerprint density at radius 2 is 1.78 bits per heavy atom. The Labute approximate surface area is 164 Å². The van der Waals surface area contributed by atoms with Gasteiger partial charge in [-0.25, -0.2) is 4.39 Å². The summed E-state index contributed by atoms with van der Waals surface area (Å²) in [6, 6.07) is 9.48. The molecule has 1 fully saturated rings. The summed E-state index contributed by atoms with van der Waals surface area (Å²) in [6.07, 6.45) is 1.46. The summed E-state index contributed by atoms with van der Waals surface area (Å²) in [4.78, 5) is 24.1. The Morgan fingerprint density at radius 1 is 1.07 bits per heavy atom. The molecule has 0 spiro atoms. The quantitative estimate of drug-likeness (QED) is 0.726. The molecular weight excluding hydrogens is 419 g/mol. The smallest absolute Gasteiger partial charge is 0.287 e. The number of halogens is 2. The molecule has 0 radical (unpaired) electrons. The zero-order chi connectivity index (χ0) is 19.3. The first-order valence-electron chi connectivity index (χ1n) is 8.63. The third kappa shape index (κ3) is 4.95. The van der Waals surface area contributed by atoms with Gasteiger partial charge in [-0.3, -0.25) is 9.59 Å². The van der Waals surface area contributed by atoms with Crippen molar-refractivity contribution in [2.24, 2.45) is 0 Å². The Kier molecular flexibility index (Phi) is 6.28. The molecule has 0 unspecified atom stereocenters. The van der Waals surface area contributed by atoms with Gasteiger partial charge >= 0.3 is 0 Å². The molecule has 1 aromatic carbocycles. The third-order valence-electron chi connectivity index (χ3n) is 4.74. The second kappa shape index (κ2) is 8.67. The fourth-order valence-electron chi connectivity index (χ4n) is 3.15. The van der Waals surface area contributed by atoms with E-state index in [-0.39, 0.29) is 29.4 Å². The monoisotopic (exact) mass is 438 g/mol. The summed E-state index contributed by atoms with van der Waals surface area (Å²) in [5.74, 6) is -0.934. The number of nitrogens with one attached hydrogen (secondary N) is 2. The molecule has 6 nitrogen and oxygen atoms in total. The molecular formula is C19H20BrFN2O4. The minimum Gasteiger partial charge on any atom is -0.444 e. The normalized spacial score (nSPS) is 15.9. The number of rotatable bonds is 6. The topological polar surface area (TPSA) is 80.6 Å². The van der Waals surface area contributed by atoms with Gasteiger partial charge in [0.05, 0.1) is 6.54 Å². The average molecular weight is 439 g/mol. The largest absolute Gasteiger partial charge is 0.444 e. The van der Waals surface area contributed by atoms with Gasteiger partial charge in [0.1, 0.15) is 5.82 Å². The first-order valence-corrected chi connectivity index (χ1v) is 9.42. The Morgan fingerprint density at radius 3 is 2.41 bits per heavy atom. The van der Waals surface area contributed by atoms with Crippen LogP contribution >= 0.6 is 15.9 Å². The minimum atomic E-state index is -0.463. The second-order valence-electron chi connectivity index (χ2n) is 6.46. The van der Waals surface area contributed by atoms with Crippen molar-refractivity contribution in [2.45, 2.75) is 18.3 Å². The van der Waals surface area contributed by atoms with Crippen LogP contribution in [0.2, 0.25) is 0 Å². The van der Waals surface area contributed by atoms with Gasteiger partial charge < -0.3 is 19.8 Å². The number of hydrogen-bond acceptors (Lipinski definition) is 4. The maximum Gasteiger partial charge on any atom is 0.287 e. The molecule has 0 saturated carbocycles. The number of carbonyl (C=O) groups is 2. The summed E-state index contributed by atoms with van der Waals surface area (Å²) in [5, 5.41) is 5.40. The zero-order valence-electron chi connectivity index (χ0n) is 14.6. The Balaban J connectivity index is 1.57. The molecule has 0 bridgehead atoms. The van der Waals surface area contributed by atoms with Crippen LogP contribution in [0.3, 0.4) is 0 Å². The van der Waals surface area contributed by atoms with Crippen LogP contribution in [-0.4, -0.2) is 38.1 Å². The highest BCUT2D eigenvalue weighted by Crippen LogP contribution is 2.34. The van der Waals surface area contributed by atoms with Crippen LogP contribution in [-0.2, 0) is 14.9 Å². The SMILES string of the molecule is O=C(CNC(=O)c1ccc(Br)o1)NCC1(c2ccc(F)cc2)CCOCC1. The van der Waals surface area contributed by atoms with E-state index in [2.05, 4.69) is 26.6 Å². The summed E-state index contributed by atoms with van der Waals surface area (Å²) >= 11 is 3.12. The van der Waals surface area contributed by atoms with E-state index in [1.54, 1.807) is 18.2 Å². The van der Waals surface area contributed by atoms with Crippen molar-refractivity contribution in [1.82, 2.24) is 10.6 Å². The van der Waals surface area contributed by atoms with Crippen molar-refractivity contribution < 1.29 is 23.1 Å². The van der Waals surface area contributed by atoms with Gasteiger partial charge in [0.2, 0.25) is 5.91 Å². The molecule has 0 aliphatic carbocycles. The van der Waals surface area contributed by atoms with Crippen molar-refractivity contribution in [2.75, 3.05) is 26.3 Å². The number of furan rings is 1. The Bertz CT molecular complexity index is 800. The summed E-state index contributed by atoms with van der Waals surface area (Å²) < 4.78 is 24.3. The average Bonchev–Trinajstić information content (AvgIpc) is 3.12. The van der Waals surface area contributed by atoms with Gasteiger partial charge in [-0.05, 0) is 58.6 Å². The molecule has 2 amide bonds. The molecule has 8 heteroatoms. The molecule has 144 valence electrons. The van der Waals surface area contributed by atoms with Crippen molar-refractivity contribution in [1.29, 1.82) is 0 Å². The van der Waals surface area contributed by atoms with Crippen LogP contribution in [0.15, 0.2) is 45.5 Å². The number of carbonyl (C=O) groups excluding carboxylic acids is 2. The molecule has 1 aliphatic heterocycles. The van der Waals surface area contributed by atoms with Crippen LogP contribution < -0.4 is 10.6 Å². The van der Waals surface area contributed by atoms with E-state index < -0.39 is 5.91 Å². The van der Waals surface area contributed by atoms with Gasteiger partial charge in [-0.2, -0.15) is 0 Å². The van der Waals surface area contributed by atoms with Crippen molar-refractivity contribution in [3.63, 3.8) is 0 Å². The lowest BCUT2D eigenvalue weighted by Gasteiger charge is -2.38. The number of hydrogen-bond donors (Lipinski definition) is 2. The molecule has 3 rings (SSSR count). The number of amides is 2. The summed E-state index contributed by atoms with van der Waals surface area (Å²) in [7, 11) is 0. The lowest BCUT2D eigenvalue weighted by molar-refractivity contribution is -0.120. The summed E-state index contributed by atoms with van der Waals surface area (Å²) in [5.41, 5.74) is 0.661. The fourth-order valence-corrected chi connectivity index (χ4v) is 3.45. The lowest BCUT2D eigenvalue weighted by Crippen LogP contribution is -2.47. The maximum absolute atomic E-state index is 13.3. The van der Waals surface area contributed by atoms with Gasteiger partial charge in [0.15, 0.2) is 10.4 Å². The van der Waals surface area contributed by atoms with Crippen LogP contribution in [0.25, 0.3) is 0 Å². The highest BCUT2D eigenvalue weighted by atomic mass is 79.9. The second-order valence-corrected chi connectivity index (χ2v) is 7.24. The molecule has 2 N–H and O–H groups in total. The highest BCUT2D eigenvalue weighted by Gasteiger charge is 2.34. The zero-order valence-corrected chi connectivity index (χ0v) is 16.2. The van der Waals surface area contributed by atoms with E-state index in [0.717, 1.165) is 18.4 Å². The van der Waals surface area contributed by atoms with Crippen molar-refractivity contribution in [3.05, 3.63) is 58.2 Å². The van der Waals surface area contributed by atoms with Crippen LogP contribution in [0.4, 0.5) is 4.39 Å². The van der Waals surface area contributed by atoms with E-state index in [9.17, 15) is 14.0 Å². The van der Waals surface area contributed by atoms with Gasteiger partial charge in [-0.15, -0.1) is 0 Å². The predicted molar refractivity (Wildman–Crippen MR) is 99.9 cm³/mol. The molecule has 0 atom stereocenters.